The molecule has 1 unspecified atom stereocenters. The van der Waals surface area contributed by atoms with Crippen LogP contribution >= 0.6 is 0 Å². The standard InChI is InChI=1S/C16H26N2O3/c1-4-13(2)17-11-16(19)18-15-7-5-6-14(10-15)12-21-9-8-20-3/h5-7,10,13,17H,4,8-9,11-12H2,1-3H3,(H,18,19). The van der Waals surface area contributed by atoms with E-state index in [2.05, 4.69) is 24.5 Å². The molecular weight excluding hydrogens is 268 g/mol. The van der Waals surface area contributed by atoms with Gasteiger partial charge in [-0.05, 0) is 31.0 Å². The predicted molar refractivity (Wildman–Crippen MR) is 84.4 cm³/mol. The predicted octanol–water partition coefficient (Wildman–Crippen LogP) is 2.18. The number of nitrogens with one attached hydrogen (secondary N) is 2. The van der Waals surface area contributed by atoms with Crippen LogP contribution in [0.15, 0.2) is 24.3 Å². The summed E-state index contributed by atoms with van der Waals surface area (Å²) in [5, 5.41) is 6.05. The van der Waals surface area contributed by atoms with Gasteiger partial charge in [-0.3, -0.25) is 4.79 Å². The number of ether oxygens (including phenoxy) is 2. The van der Waals surface area contributed by atoms with Gasteiger partial charge in [0.15, 0.2) is 0 Å². The van der Waals surface area contributed by atoms with Gasteiger partial charge >= 0.3 is 0 Å². The van der Waals surface area contributed by atoms with Crippen molar-refractivity contribution in [1.82, 2.24) is 5.32 Å². The van der Waals surface area contributed by atoms with Gasteiger partial charge < -0.3 is 20.1 Å². The third-order valence-corrected chi connectivity index (χ3v) is 3.13. The summed E-state index contributed by atoms with van der Waals surface area (Å²) in [6.45, 7) is 6.12. The van der Waals surface area contributed by atoms with E-state index in [1.165, 1.54) is 0 Å². The minimum atomic E-state index is -0.0345. The zero-order valence-corrected chi connectivity index (χ0v) is 13.1. The van der Waals surface area contributed by atoms with Crippen molar-refractivity contribution < 1.29 is 14.3 Å². The Morgan fingerprint density at radius 2 is 2.14 bits per heavy atom. The van der Waals surface area contributed by atoms with Gasteiger partial charge in [0.25, 0.3) is 0 Å². The maximum Gasteiger partial charge on any atom is 0.238 e. The first-order valence-electron chi connectivity index (χ1n) is 7.34. The molecule has 5 nitrogen and oxygen atoms in total. The van der Waals surface area contributed by atoms with E-state index in [0.29, 0.717) is 32.4 Å². The molecule has 0 aliphatic rings. The Morgan fingerprint density at radius 1 is 1.33 bits per heavy atom. The molecular formula is C16H26N2O3. The first-order valence-corrected chi connectivity index (χ1v) is 7.34. The van der Waals surface area contributed by atoms with E-state index in [4.69, 9.17) is 9.47 Å². The summed E-state index contributed by atoms with van der Waals surface area (Å²) >= 11 is 0. The number of hydrogen-bond acceptors (Lipinski definition) is 4. The Bertz CT molecular complexity index is 424. The molecule has 0 aliphatic heterocycles. The van der Waals surface area contributed by atoms with Crippen LogP contribution in [-0.4, -0.2) is 38.8 Å². The smallest absolute Gasteiger partial charge is 0.238 e. The molecule has 0 bridgehead atoms. The van der Waals surface area contributed by atoms with Crippen LogP contribution < -0.4 is 10.6 Å². The Morgan fingerprint density at radius 3 is 2.86 bits per heavy atom. The lowest BCUT2D eigenvalue weighted by Gasteiger charge is -2.12. The van der Waals surface area contributed by atoms with Crippen LogP contribution in [0.4, 0.5) is 5.69 Å². The fourth-order valence-electron chi connectivity index (χ4n) is 1.69. The van der Waals surface area contributed by atoms with E-state index >= 15 is 0 Å². The molecule has 21 heavy (non-hydrogen) atoms. The van der Waals surface area contributed by atoms with Crippen LogP contribution in [0.25, 0.3) is 0 Å². The van der Waals surface area contributed by atoms with Gasteiger partial charge in [-0.1, -0.05) is 19.1 Å². The highest BCUT2D eigenvalue weighted by atomic mass is 16.5. The minimum absolute atomic E-state index is 0.0345. The monoisotopic (exact) mass is 294 g/mol. The number of anilines is 1. The highest BCUT2D eigenvalue weighted by molar-refractivity contribution is 5.92. The average Bonchev–Trinajstić information content (AvgIpc) is 2.49. The van der Waals surface area contributed by atoms with Crippen molar-refractivity contribution in [1.29, 1.82) is 0 Å². The van der Waals surface area contributed by atoms with Crippen molar-refractivity contribution in [3.8, 4) is 0 Å². The molecule has 1 aromatic carbocycles. The zero-order valence-electron chi connectivity index (χ0n) is 13.1. The SMILES string of the molecule is CCC(C)NCC(=O)Nc1cccc(COCCOC)c1. The molecule has 0 aliphatic carbocycles. The fraction of sp³-hybridized carbons (Fsp3) is 0.562. The van der Waals surface area contributed by atoms with Gasteiger partial charge in [-0.2, -0.15) is 0 Å². The molecule has 0 radical (unpaired) electrons. The molecule has 0 saturated heterocycles. The lowest BCUT2D eigenvalue weighted by atomic mass is 10.2. The van der Waals surface area contributed by atoms with Crippen LogP contribution in [0.5, 0.6) is 0 Å². The van der Waals surface area contributed by atoms with Crippen LogP contribution in [0, 0.1) is 0 Å². The number of carbonyl (C=O) groups excluding carboxylic acids is 1. The lowest BCUT2D eigenvalue weighted by molar-refractivity contribution is -0.115. The molecule has 0 spiro atoms. The van der Waals surface area contributed by atoms with Crippen molar-refractivity contribution >= 4 is 11.6 Å². The summed E-state index contributed by atoms with van der Waals surface area (Å²) in [5.74, 6) is -0.0345. The lowest BCUT2D eigenvalue weighted by Crippen LogP contribution is -2.33. The van der Waals surface area contributed by atoms with E-state index in [1.807, 2.05) is 24.3 Å². The first-order chi connectivity index (χ1) is 10.2. The van der Waals surface area contributed by atoms with E-state index in [0.717, 1.165) is 17.7 Å². The van der Waals surface area contributed by atoms with Crippen molar-refractivity contribution in [3.63, 3.8) is 0 Å². The molecule has 1 rings (SSSR count). The van der Waals surface area contributed by atoms with Crippen LogP contribution in [0.2, 0.25) is 0 Å². The number of rotatable bonds is 10. The maximum atomic E-state index is 11.8. The second kappa shape index (κ2) is 10.3. The highest BCUT2D eigenvalue weighted by Gasteiger charge is 2.05. The molecule has 1 aromatic rings. The van der Waals surface area contributed by atoms with E-state index in [-0.39, 0.29) is 5.91 Å². The topological polar surface area (TPSA) is 59.6 Å². The molecule has 1 atom stereocenters. The quantitative estimate of drug-likeness (QED) is 0.649. The Labute approximate surface area is 127 Å². The largest absolute Gasteiger partial charge is 0.382 e. The van der Waals surface area contributed by atoms with Gasteiger partial charge in [-0.25, -0.2) is 0 Å². The molecule has 0 saturated carbocycles. The number of methoxy groups -OCH3 is 1. The molecule has 0 heterocycles. The van der Waals surface area contributed by atoms with Gasteiger partial charge in [0.2, 0.25) is 5.91 Å². The van der Waals surface area contributed by atoms with Crippen LogP contribution in [0.1, 0.15) is 25.8 Å². The summed E-state index contributed by atoms with van der Waals surface area (Å²) in [6, 6.07) is 8.02. The highest BCUT2D eigenvalue weighted by Crippen LogP contribution is 2.11. The second-order valence-corrected chi connectivity index (χ2v) is 4.98. The normalized spacial score (nSPS) is 12.1. The molecule has 2 N–H and O–H groups in total. The maximum absolute atomic E-state index is 11.8. The van der Waals surface area contributed by atoms with Gasteiger partial charge in [-0.15, -0.1) is 0 Å². The molecule has 1 amide bonds. The Balaban J connectivity index is 2.39. The summed E-state index contributed by atoms with van der Waals surface area (Å²) in [5.41, 5.74) is 1.82. The summed E-state index contributed by atoms with van der Waals surface area (Å²) in [6.07, 6.45) is 1.00. The third kappa shape index (κ3) is 7.80. The number of benzene rings is 1. The van der Waals surface area contributed by atoms with E-state index in [9.17, 15) is 4.79 Å². The Kier molecular flexibility index (Phi) is 8.66. The van der Waals surface area contributed by atoms with Crippen molar-refractivity contribution in [2.45, 2.75) is 32.9 Å². The van der Waals surface area contributed by atoms with Gasteiger partial charge in [0.05, 0.1) is 26.4 Å². The second-order valence-electron chi connectivity index (χ2n) is 4.98. The number of carbonyl (C=O) groups is 1. The van der Waals surface area contributed by atoms with Gasteiger partial charge in [0.1, 0.15) is 0 Å². The van der Waals surface area contributed by atoms with Crippen LogP contribution in [0.3, 0.4) is 0 Å². The van der Waals surface area contributed by atoms with Gasteiger partial charge in [0, 0.05) is 18.8 Å². The molecule has 118 valence electrons. The molecule has 0 fully saturated rings. The summed E-state index contributed by atoms with van der Waals surface area (Å²) < 4.78 is 10.4. The third-order valence-electron chi connectivity index (χ3n) is 3.13. The fourth-order valence-corrected chi connectivity index (χ4v) is 1.69. The summed E-state index contributed by atoms with van der Waals surface area (Å²) in [7, 11) is 1.65. The van der Waals surface area contributed by atoms with Crippen molar-refractivity contribution in [3.05, 3.63) is 29.8 Å². The Hall–Kier alpha value is -1.43. The summed E-state index contributed by atoms with van der Waals surface area (Å²) in [4.78, 5) is 11.8. The number of amides is 1. The minimum Gasteiger partial charge on any atom is -0.382 e. The van der Waals surface area contributed by atoms with Crippen LogP contribution in [-0.2, 0) is 20.9 Å². The average molecular weight is 294 g/mol. The molecule has 0 aromatic heterocycles. The van der Waals surface area contributed by atoms with E-state index < -0.39 is 0 Å². The zero-order chi connectivity index (χ0) is 15.5. The van der Waals surface area contributed by atoms with Crippen molar-refractivity contribution in [2.24, 2.45) is 0 Å². The van der Waals surface area contributed by atoms with E-state index in [1.54, 1.807) is 7.11 Å². The number of hydrogen-bond donors (Lipinski definition) is 2. The van der Waals surface area contributed by atoms with Crippen molar-refractivity contribution in [2.75, 3.05) is 32.2 Å². The molecule has 5 heteroatoms. The first kappa shape index (κ1) is 17.6.